The molecule has 8 nitrogen and oxygen atoms in total. The number of carbonyl (C=O) groups is 1. The Morgan fingerprint density at radius 2 is 2.04 bits per heavy atom. The molecule has 26 heavy (non-hydrogen) atoms. The maximum atomic E-state index is 12.6. The van der Waals surface area contributed by atoms with E-state index >= 15 is 0 Å². The number of carbonyl (C=O) groups excluding carboxylic acids is 1. The summed E-state index contributed by atoms with van der Waals surface area (Å²) < 4.78 is 38.1. The lowest BCUT2D eigenvalue weighted by atomic mass is 10.1. The van der Waals surface area contributed by atoms with Gasteiger partial charge in [-0.05, 0) is 25.3 Å². The van der Waals surface area contributed by atoms with Gasteiger partial charge in [0.2, 0.25) is 10.0 Å². The lowest BCUT2D eigenvalue weighted by Gasteiger charge is -2.22. The van der Waals surface area contributed by atoms with Crippen LogP contribution in [-0.4, -0.2) is 55.7 Å². The fourth-order valence-corrected chi connectivity index (χ4v) is 4.29. The summed E-state index contributed by atoms with van der Waals surface area (Å²) in [7, 11) is -3.70. The molecular weight excluding hydrogens is 360 g/mol. The monoisotopic (exact) mass is 386 g/mol. The van der Waals surface area contributed by atoms with Gasteiger partial charge in [0.25, 0.3) is 5.56 Å². The highest BCUT2D eigenvalue weighted by Crippen LogP contribution is 2.14. The number of ether oxygens (including phenoxy) is 2. The van der Waals surface area contributed by atoms with Crippen molar-refractivity contribution in [3.05, 3.63) is 28.7 Å². The zero-order valence-electron chi connectivity index (χ0n) is 15.2. The maximum Gasteiger partial charge on any atom is 0.326 e. The molecule has 1 aliphatic rings. The fraction of sp³-hybridized carbons (Fsp3) is 0.647. The van der Waals surface area contributed by atoms with Crippen LogP contribution in [0.2, 0.25) is 0 Å². The molecule has 0 aliphatic carbocycles. The first-order chi connectivity index (χ1) is 12.4. The largest absolute Gasteiger partial charge is 0.462 e. The predicted molar refractivity (Wildman–Crippen MR) is 95.4 cm³/mol. The summed E-state index contributed by atoms with van der Waals surface area (Å²) in [6.07, 6.45) is 3.96. The number of rotatable bonds is 8. The average Bonchev–Trinajstić information content (AvgIpc) is 2.63. The molecule has 1 atom stereocenters. The average molecular weight is 386 g/mol. The van der Waals surface area contributed by atoms with Gasteiger partial charge in [0, 0.05) is 32.0 Å². The maximum absolute atomic E-state index is 12.6. The van der Waals surface area contributed by atoms with E-state index in [9.17, 15) is 18.0 Å². The van der Waals surface area contributed by atoms with Crippen LogP contribution in [0.3, 0.4) is 0 Å². The number of esters is 1. The minimum atomic E-state index is -3.70. The van der Waals surface area contributed by atoms with E-state index in [4.69, 9.17) is 9.47 Å². The SMILES string of the molecule is CCN(CC)S(=O)(=O)c1ccc(=O)n(CC(=O)OCC2CCCCO2)c1. The van der Waals surface area contributed by atoms with Crippen LogP contribution in [0.5, 0.6) is 0 Å². The second-order valence-corrected chi connectivity index (χ2v) is 8.03. The van der Waals surface area contributed by atoms with E-state index in [0.29, 0.717) is 19.7 Å². The van der Waals surface area contributed by atoms with Crippen molar-refractivity contribution in [2.75, 3.05) is 26.3 Å². The van der Waals surface area contributed by atoms with Gasteiger partial charge in [-0.3, -0.25) is 9.59 Å². The van der Waals surface area contributed by atoms with Crippen LogP contribution >= 0.6 is 0 Å². The summed E-state index contributed by atoms with van der Waals surface area (Å²) in [5.74, 6) is -0.598. The molecule has 0 amide bonds. The zero-order valence-corrected chi connectivity index (χ0v) is 16.0. The summed E-state index contributed by atoms with van der Waals surface area (Å²) in [4.78, 5) is 24.0. The zero-order chi connectivity index (χ0) is 19.2. The standard InChI is InChI=1S/C17H26N2O6S/c1-3-19(4-2)26(22,23)15-8-9-16(20)18(11-15)12-17(21)25-13-14-7-5-6-10-24-14/h8-9,11,14H,3-7,10,12-13H2,1-2H3. The van der Waals surface area contributed by atoms with Crippen molar-refractivity contribution in [2.24, 2.45) is 0 Å². The summed E-state index contributed by atoms with van der Waals surface area (Å²) >= 11 is 0. The number of nitrogens with zero attached hydrogens (tertiary/aromatic N) is 2. The van der Waals surface area contributed by atoms with E-state index in [1.165, 1.54) is 16.6 Å². The van der Waals surface area contributed by atoms with Crippen molar-refractivity contribution in [1.82, 2.24) is 8.87 Å². The third kappa shape index (κ3) is 5.15. The molecule has 0 spiro atoms. The van der Waals surface area contributed by atoms with Crippen LogP contribution in [0.1, 0.15) is 33.1 Å². The van der Waals surface area contributed by atoms with Crippen molar-refractivity contribution in [3.8, 4) is 0 Å². The van der Waals surface area contributed by atoms with Gasteiger partial charge in [-0.25, -0.2) is 8.42 Å². The van der Waals surface area contributed by atoms with Crippen molar-refractivity contribution < 1.29 is 22.7 Å². The van der Waals surface area contributed by atoms with Crippen molar-refractivity contribution in [1.29, 1.82) is 0 Å². The molecule has 0 radical (unpaired) electrons. The molecule has 146 valence electrons. The van der Waals surface area contributed by atoms with E-state index in [2.05, 4.69) is 0 Å². The number of sulfonamides is 1. The Labute approximate surface area is 153 Å². The minimum absolute atomic E-state index is 0.0239. The Bertz CT molecular complexity index is 764. The first-order valence-corrected chi connectivity index (χ1v) is 10.3. The van der Waals surface area contributed by atoms with E-state index in [1.807, 2.05) is 0 Å². The Balaban J connectivity index is 2.07. The number of hydrogen-bond donors (Lipinski definition) is 0. The fourth-order valence-electron chi connectivity index (χ4n) is 2.81. The normalized spacial score (nSPS) is 18.0. The molecular formula is C17H26N2O6S. The Morgan fingerprint density at radius 3 is 2.65 bits per heavy atom. The predicted octanol–water partition coefficient (Wildman–Crippen LogP) is 0.991. The highest BCUT2D eigenvalue weighted by atomic mass is 32.2. The highest BCUT2D eigenvalue weighted by Gasteiger charge is 2.23. The van der Waals surface area contributed by atoms with Gasteiger partial charge in [0.1, 0.15) is 13.2 Å². The van der Waals surface area contributed by atoms with Crippen LogP contribution < -0.4 is 5.56 Å². The molecule has 9 heteroatoms. The third-order valence-corrected chi connectivity index (χ3v) is 6.34. The van der Waals surface area contributed by atoms with Crippen molar-refractivity contribution in [3.63, 3.8) is 0 Å². The molecule has 1 aliphatic heterocycles. The molecule has 0 N–H and O–H groups in total. The Morgan fingerprint density at radius 1 is 1.31 bits per heavy atom. The van der Waals surface area contributed by atoms with Gasteiger partial charge in [0.15, 0.2) is 0 Å². The van der Waals surface area contributed by atoms with Crippen LogP contribution in [-0.2, 0) is 30.8 Å². The van der Waals surface area contributed by atoms with Gasteiger partial charge >= 0.3 is 5.97 Å². The van der Waals surface area contributed by atoms with Gasteiger partial charge < -0.3 is 14.0 Å². The molecule has 2 rings (SSSR count). The molecule has 0 aromatic carbocycles. The Hall–Kier alpha value is -1.71. The first-order valence-electron chi connectivity index (χ1n) is 8.86. The number of aromatic nitrogens is 1. The number of pyridine rings is 1. The molecule has 0 saturated carbocycles. The van der Waals surface area contributed by atoms with E-state index in [-0.39, 0.29) is 24.2 Å². The third-order valence-electron chi connectivity index (χ3n) is 4.30. The van der Waals surface area contributed by atoms with Crippen LogP contribution in [0.15, 0.2) is 28.0 Å². The topological polar surface area (TPSA) is 94.9 Å². The van der Waals surface area contributed by atoms with E-state index in [1.54, 1.807) is 13.8 Å². The molecule has 1 saturated heterocycles. The summed E-state index contributed by atoms with van der Waals surface area (Å²) in [5.41, 5.74) is -0.464. The molecule has 1 fully saturated rings. The van der Waals surface area contributed by atoms with Crippen LogP contribution in [0, 0.1) is 0 Å². The summed E-state index contributed by atoms with van der Waals surface area (Å²) in [6.45, 7) is 4.58. The lowest BCUT2D eigenvalue weighted by molar-refractivity contribution is -0.149. The van der Waals surface area contributed by atoms with E-state index < -0.39 is 21.6 Å². The lowest BCUT2D eigenvalue weighted by Crippen LogP contribution is -2.33. The van der Waals surface area contributed by atoms with Crippen LogP contribution in [0.25, 0.3) is 0 Å². The second-order valence-electron chi connectivity index (χ2n) is 6.09. The molecule has 0 bridgehead atoms. The number of hydrogen-bond acceptors (Lipinski definition) is 6. The minimum Gasteiger partial charge on any atom is -0.462 e. The van der Waals surface area contributed by atoms with Crippen molar-refractivity contribution in [2.45, 2.75) is 50.7 Å². The van der Waals surface area contributed by atoms with Gasteiger partial charge in [-0.1, -0.05) is 13.8 Å². The second kappa shape index (κ2) is 9.29. The summed E-state index contributed by atoms with van der Waals surface area (Å²) in [6, 6.07) is 2.40. The Kier molecular flexibility index (Phi) is 7.36. The summed E-state index contributed by atoms with van der Waals surface area (Å²) in [5, 5.41) is 0. The quantitative estimate of drug-likeness (QED) is 0.619. The van der Waals surface area contributed by atoms with Gasteiger partial charge in [-0.2, -0.15) is 4.31 Å². The highest BCUT2D eigenvalue weighted by molar-refractivity contribution is 7.89. The molecule has 1 unspecified atom stereocenters. The van der Waals surface area contributed by atoms with E-state index in [0.717, 1.165) is 29.9 Å². The molecule has 2 heterocycles. The smallest absolute Gasteiger partial charge is 0.326 e. The molecule has 1 aromatic rings. The van der Waals surface area contributed by atoms with Crippen LogP contribution in [0.4, 0.5) is 0 Å². The molecule has 1 aromatic heterocycles. The van der Waals surface area contributed by atoms with Crippen molar-refractivity contribution >= 4 is 16.0 Å². The van der Waals surface area contributed by atoms with Gasteiger partial charge in [0.05, 0.1) is 11.0 Å². The first kappa shape index (κ1) is 20.6. The van der Waals surface area contributed by atoms with Gasteiger partial charge in [-0.15, -0.1) is 0 Å².